The molecule has 1 aliphatic heterocycles. The number of benzene rings is 1. The van der Waals surface area contributed by atoms with Gasteiger partial charge < -0.3 is 10.1 Å². The quantitative estimate of drug-likeness (QED) is 0.926. The molecule has 1 fully saturated rings. The highest BCUT2D eigenvalue weighted by Crippen LogP contribution is 2.33. The van der Waals surface area contributed by atoms with Crippen molar-refractivity contribution < 1.29 is 9.13 Å². The summed E-state index contributed by atoms with van der Waals surface area (Å²) in [4.78, 5) is 0. The molecule has 94 valence electrons. The van der Waals surface area contributed by atoms with Crippen LogP contribution in [0.3, 0.4) is 0 Å². The molecule has 0 atom stereocenters. The molecule has 0 amide bonds. The Morgan fingerprint density at radius 3 is 2.76 bits per heavy atom. The van der Waals surface area contributed by atoms with E-state index >= 15 is 0 Å². The molecule has 2 rings (SSSR count). The Kier molecular flexibility index (Phi) is 4.40. The zero-order chi connectivity index (χ0) is 12.3. The van der Waals surface area contributed by atoms with Crippen molar-refractivity contribution in [3.05, 3.63) is 28.0 Å². The van der Waals surface area contributed by atoms with Crippen LogP contribution in [0, 0.1) is 11.7 Å². The van der Waals surface area contributed by atoms with Gasteiger partial charge in [0.05, 0.1) is 11.6 Å². The van der Waals surface area contributed by atoms with Crippen molar-refractivity contribution in [2.75, 3.05) is 20.2 Å². The average molecular weight is 302 g/mol. The molecule has 0 saturated carbocycles. The van der Waals surface area contributed by atoms with Crippen molar-refractivity contribution >= 4 is 15.9 Å². The minimum atomic E-state index is -0.163. The van der Waals surface area contributed by atoms with Crippen LogP contribution in [0.15, 0.2) is 16.6 Å². The summed E-state index contributed by atoms with van der Waals surface area (Å²) < 4.78 is 20.0. The van der Waals surface area contributed by atoms with E-state index in [1.165, 1.54) is 6.07 Å². The van der Waals surface area contributed by atoms with Gasteiger partial charge in [-0.05, 0) is 66.3 Å². The number of methoxy groups -OCH3 is 1. The first-order valence-electron chi connectivity index (χ1n) is 5.94. The highest BCUT2D eigenvalue weighted by atomic mass is 79.9. The Morgan fingerprint density at radius 2 is 2.12 bits per heavy atom. The smallest absolute Gasteiger partial charge is 0.139 e. The number of rotatable bonds is 3. The molecule has 0 aliphatic carbocycles. The fourth-order valence-corrected chi connectivity index (χ4v) is 2.89. The average Bonchev–Trinajstić information content (AvgIpc) is 2.35. The van der Waals surface area contributed by atoms with Crippen molar-refractivity contribution in [1.82, 2.24) is 5.32 Å². The van der Waals surface area contributed by atoms with Crippen LogP contribution in [0.1, 0.15) is 18.4 Å². The van der Waals surface area contributed by atoms with Gasteiger partial charge in [-0.25, -0.2) is 4.39 Å². The summed E-state index contributed by atoms with van der Waals surface area (Å²) in [5.41, 5.74) is 0.703. The van der Waals surface area contributed by atoms with Crippen LogP contribution in [0.25, 0.3) is 0 Å². The van der Waals surface area contributed by atoms with Gasteiger partial charge in [0.2, 0.25) is 0 Å². The van der Waals surface area contributed by atoms with E-state index in [9.17, 15) is 4.39 Å². The first-order chi connectivity index (χ1) is 8.22. The number of hydrogen-bond acceptors (Lipinski definition) is 2. The van der Waals surface area contributed by atoms with Crippen LogP contribution in [0.4, 0.5) is 4.39 Å². The summed E-state index contributed by atoms with van der Waals surface area (Å²) in [5.74, 6) is 1.03. The second-order valence-electron chi connectivity index (χ2n) is 4.44. The van der Waals surface area contributed by atoms with E-state index in [-0.39, 0.29) is 5.82 Å². The molecule has 4 heteroatoms. The van der Waals surface area contributed by atoms with E-state index in [2.05, 4.69) is 21.2 Å². The van der Waals surface area contributed by atoms with E-state index < -0.39 is 0 Å². The van der Waals surface area contributed by atoms with E-state index in [4.69, 9.17) is 4.74 Å². The maximum atomic E-state index is 13.9. The first-order valence-corrected chi connectivity index (χ1v) is 6.73. The van der Waals surface area contributed by atoms with Gasteiger partial charge in [0.25, 0.3) is 0 Å². The lowest BCUT2D eigenvalue weighted by Crippen LogP contribution is -2.28. The Labute approximate surface area is 110 Å². The standard InChI is InChI=1S/C13H17BrFNO/c1-17-13-10(12(15)3-2-11(13)14)8-9-4-6-16-7-5-9/h2-3,9,16H,4-8H2,1H3. The van der Waals surface area contributed by atoms with E-state index in [1.807, 2.05) is 0 Å². The van der Waals surface area contributed by atoms with Gasteiger partial charge in [-0.1, -0.05) is 0 Å². The lowest BCUT2D eigenvalue weighted by Gasteiger charge is -2.23. The summed E-state index contributed by atoms with van der Waals surface area (Å²) >= 11 is 3.40. The third-order valence-electron chi connectivity index (χ3n) is 3.31. The largest absolute Gasteiger partial charge is 0.495 e. The summed E-state index contributed by atoms with van der Waals surface area (Å²) in [6.45, 7) is 2.06. The molecule has 2 nitrogen and oxygen atoms in total. The van der Waals surface area contributed by atoms with Gasteiger partial charge in [0, 0.05) is 5.56 Å². The number of piperidine rings is 1. The van der Waals surface area contributed by atoms with Crippen LogP contribution in [-0.2, 0) is 6.42 Å². The van der Waals surface area contributed by atoms with Crippen LogP contribution < -0.4 is 10.1 Å². The molecule has 17 heavy (non-hydrogen) atoms. The highest BCUT2D eigenvalue weighted by Gasteiger charge is 2.19. The predicted octanol–water partition coefficient (Wildman–Crippen LogP) is 3.14. The number of halogens is 2. The van der Waals surface area contributed by atoms with Crippen LogP contribution in [-0.4, -0.2) is 20.2 Å². The molecule has 1 aromatic rings. The molecule has 1 saturated heterocycles. The number of ether oxygens (including phenoxy) is 1. The predicted molar refractivity (Wildman–Crippen MR) is 69.9 cm³/mol. The minimum absolute atomic E-state index is 0.163. The van der Waals surface area contributed by atoms with Crippen LogP contribution >= 0.6 is 15.9 Å². The minimum Gasteiger partial charge on any atom is -0.495 e. The maximum Gasteiger partial charge on any atom is 0.139 e. The molecule has 0 unspecified atom stereocenters. The monoisotopic (exact) mass is 301 g/mol. The summed E-state index contributed by atoms with van der Waals surface area (Å²) in [6, 6.07) is 3.20. The van der Waals surface area contributed by atoms with Gasteiger partial charge in [0.15, 0.2) is 0 Å². The van der Waals surface area contributed by atoms with Gasteiger partial charge in [-0.15, -0.1) is 0 Å². The van der Waals surface area contributed by atoms with E-state index in [0.29, 0.717) is 17.2 Å². The second kappa shape index (κ2) is 5.83. The first kappa shape index (κ1) is 12.8. The Balaban J connectivity index is 2.21. The summed E-state index contributed by atoms with van der Waals surface area (Å²) in [5, 5.41) is 3.32. The molecule has 1 aromatic carbocycles. The highest BCUT2D eigenvalue weighted by molar-refractivity contribution is 9.10. The molecule has 0 radical (unpaired) electrons. The van der Waals surface area contributed by atoms with Crippen LogP contribution in [0.5, 0.6) is 5.75 Å². The molecule has 1 N–H and O–H groups in total. The molecular formula is C13H17BrFNO. The molecule has 1 heterocycles. The molecule has 1 aliphatic rings. The van der Waals surface area contributed by atoms with Gasteiger partial charge in [-0.2, -0.15) is 0 Å². The molecule has 0 bridgehead atoms. The topological polar surface area (TPSA) is 21.3 Å². The molecule has 0 aromatic heterocycles. The maximum absolute atomic E-state index is 13.9. The normalized spacial score (nSPS) is 17.1. The van der Waals surface area contributed by atoms with E-state index in [1.54, 1.807) is 13.2 Å². The Hall–Kier alpha value is -0.610. The lowest BCUT2D eigenvalue weighted by molar-refractivity contribution is 0.354. The lowest BCUT2D eigenvalue weighted by atomic mass is 9.90. The van der Waals surface area contributed by atoms with Gasteiger partial charge in [0.1, 0.15) is 11.6 Å². The van der Waals surface area contributed by atoms with Gasteiger partial charge >= 0.3 is 0 Å². The second-order valence-corrected chi connectivity index (χ2v) is 5.29. The van der Waals surface area contributed by atoms with Gasteiger partial charge in [-0.3, -0.25) is 0 Å². The Morgan fingerprint density at radius 1 is 1.41 bits per heavy atom. The van der Waals surface area contributed by atoms with Crippen molar-refractivity contribution in [3.63, 3.8) is 0 Å². The summed E-state index contributed by atoms with van der Waals surface area (Å²) in [7, 11) is 1.59. The Bertz CT molecular complexity index is 391. The number of nitrogens with one attached hydrogen (secondary N) is 1. The third kappa shape index (κ3) is 2.99. The van der Waals surface area contributed by atoms with E-state index in [0.717, 1.165) is 36.8 Å². The SMILES string of the molecule is COc1c(Br)ccc(F)c1CC1CCNCC1. The molecule has 0 spiro atoms. The fraction of sp³-hybridized carbons (Fsp3) is 0.538. The van der Waals surface area contributed by atoms with Crippen molar-refractivity contribution in [2.24, 2.45) is 5.92 Å². The third-order valence-corrected chi connectivity index (χ3v) is 3.94. The zero-order valence-corrected chi connectivity index (χ0v) is 11.5. The van der Waals surface area contributed by atoms with Crippen LogP contribution in [0.2, 0.25) is 0 Å². The molecular weight excluding hydrogens is 285 g/mol. The number of hydrogen-bond donors (Lipinski definition) is 1. The fourth-order valence-electron chi connectivity index (χ4n) is 2.36. The van der Waals surface area contributed by atoms with Crippen molar-refractivity contribution in [2.45, 2.75) is 19.3 Å². The zero-order valence-electron chi connectivity index (χ0n) is 9.93. The van der Waals surface area contributed by atoms with Crippen molar-refractivity contribution in [1.29, 1.82) is 0 Å². The summed E-state index contributed by atoms with van der Waals surface area (Å²) in [6.07, 6.45) is 2.97. The van der Waals surface area contributed by atoms with Crippen molar-refractivity contribution in [3.8, 4) is 5.75 Å².